The summed E-state index contributed by atoms with van der Waals surface area (Å²) >= 11 is 0. The SMILES string of the molecule is COc1ccc2oc(C(=O)Nc3cc(C)ccc3F)c(C)c2c1. The number of hydrogen-bond acceptors (Lipinski definition) is 3. The van der Waals surface area contributed by atoms with Crippen LogP contribution in [0.4, 0.5) is 10.1 Å². The molecule has 2 aromatic carbocycles. The highest BCUT2D eigenvalue weighted by Gasteiger charge is 2.19. The molecule has 0 radical (unpaired) electrons. The monoisotopic (exact) mass is 313 g/mol. The van der Waals surface area contributed by atoms with Gasteiger partial charge in [0.2, 0.25) is 0 Å². The first-order valence-corrected chi connectivity index (χ1v) is 7.14. The van der Waals surface area contributed by atoms with Crippen LogP contribution < -0.4 is 10.1 Å². The summed E-state index contributed by atoms with van der Waals surface area (Å²) in [5.41, 5.74) is 2.25. The fraction of sp³-hybridized carbons (Fsp3) is 0.167. The van der Waals surface area contributed by atoms with Gasteiger partial charge in [0.05, 0.1) is 12.8 Å². The minimum Gasteiger partial charge on any atom is -0.497 e. The molecule has 0 atom stereocenters. The first kappa shape index (κ1) is 15.1. The molecule has 1 N–H and O–H groups in total. The molecule has 1 aromatic heterocycles. The zero-order chi connectivity index (χ0) is 16.6. The van der Waals surface area contributed by atoms with E-state index >= 15 is 0 Å². The van der Waals surface area contributed by atoms with E-state index in [1.807, 2.05) is 6.92 Å². The predicted octanol–water partition coefficient (Wildman–Crippen LogP) is 4.45. The number of carbonyl (C=O) groups excluding carboxylic acids is 1. The standard InChI is InChI=1S/C18H16FNO3/c1-10-4-6-14(19)15(8-10)20-18(21)17-11(2)13-9-12(22-3)5-7-16(13)23-17/h4-9H,1-3H3,(H,20,21). The number of carbonyl (C=O) groups is 1. The van der Waals surface area contributed by atoms with Crippen molar-refractivity contribution in [3.63, 3.8) is 0 Å². The third-order valence-electron chi connectivity index (χ3n) is 3.72. The van der Waals surface area contributed by atoms with Gasteiger partial charge in [0.25, 0.3) is 5.91 Å². The average molecular weight is 313 g/mol. The molecule has 5 heteroatoms. The number of nitrogens with one attached hydrogen (secondary N) is 1. The molecule has 23 heavy (non-hydrogen) atoms. The number of anilines is 1. The van der Waals surface area contributed by atoms with Crippen molar-refractivity contribution in [3.8, 4) is 5.75 Å². The second-order valence-electron chi connectivity index (χ2n) is 5.36. The van der Waals surface area contributed by atoms with Crippen molar-refractivity contribution < 1.29 is 18.3 Å². The van der Waals surface area contributed by atoms with Gasteiger partial charge in [0.15, 0.2) is 5.76 Å². The van der Waals surface area contributed by atoms with E-state index in [2.05, 4.69) is 5.32 Å². The Labute approximate surface area is 132 Å². The first-order chi connectivity index (χ1) is 11.0. The van der Waals surface area contributed by atoms with Gasteiger partial charge in [-0.05, 0) is 49.7 Å². The molecule has 1 amide bonds. The van der Waals surface area contributed by atoms with Crippen LogP contribution in [0.2, 0.25) is 0 Å². The van der Waals surface area contributed by atoms with Gasteiger partial charge in [-0.3, -0.25) is 4.79 Å². The number of furan rings is 1. The summed E-state index contributed by atoms with van der Waals surface area (Å²) in [7, 11) is 1.57. The van der Waals surface area contributed by atoms with Crippen LogP contribution in [-0.2, 0) is 0 Å². The lowest BCUT2D eigenvalue weighted by Gasteiger charge is -2.06. The summed E-state index contributed by atoms with van der Waals surface area (Å²) in [6.45, 7) is 3.61. The zero-order valence-corrected chi connectivity index (χ0v) is 13.1. The quantitative estimate of drug-likeness (QED) is 0.777. The summed E-state index contributed by atoms with van der Waals surface area (Å²) in [4.78, 5) is 12.4. The molecule has 4 nitrogen and oxygen atoms in total. The Kier molecular flexibility index (Phi) is 3.78. The number of amides is 1. The van der Waals surface area contributed by atoms with Gasteiger partial charge >= 0.3 is 0 Å². The third kappa shape index (κ3) is 2.77. The molecular weight excluding hydrogens is 297 g/mol. The number of hydrogen-bond donors (Lipinski definition) is 1. The lowest BCUT2D eigenvalue weighted by molar-refractivity contribution is 0.0997. The summed E-state index contributed by atoms with van der Waals surface area (Å²) in [6, 6.07) is 9.84. The van der Waals surface area contributed by atoms with Crippen LogP contribution in [0, 0.1) is 19.7 Å². The maximum Gasteiger partial charge on any atom is 0.291 e. The van der Waals surface area contributed by atoms with Crippen molar-refractivity contribution >= 4 is 22.6 Å². The van der Waals surface area contributed by atoms with Crippen LogP contribution in [-0.4, -0.2) is 13.0 Å². The molecular formula is C18H16FNO3. The Morgan fingerprint density at radius 2 is 1.96 bits per heavy atom. The van der Waals surface area contributed by atoms with Crippen molar-refractivity contribution in [1.29, 1.82) is 0 Å². The Balaban J connectivity index is 1.97. The minimum atomic E-state index is -0.487. The highest BCUT2D eigenvalue weighted by molar-refractivity contribution is 6.06. The molecule has 0 unspecified atom stereocenters. The van der Waals surface area contributed by atoms with Gasteiger partial charge in [-0.2, -0.15) is 0 Å². The lowest BCUT2D eigenvalue weighted by atomic mass is 10.1. The summed E-state index contributed by atoms with van der Waals surface area (Å²) < 4.78 is 24.6. The normalized spacial score (nSPS) is 10.8. The molecule has 1 heterocycles. The van der Waals surface area contributed by atoms with Gasteiger partial charge in [0, 0.05) is 10.9 Å². The zero-order valence-electron chi connectivity index (χ0n) is 13.1. The van der Waals surface area contributed by atoms with E-state index in [1.54, 1.807) is 44.4 Å². The van der Waals surface area contributed by atoms with Crippen molar-refractivity contribution in [2.75, 3.05) is 12.4 Å². The van der Waals surface area contributed by atoms with Gasteiger partial charge in [-0.15, -0.1) is 0 Å². The van der Waals surface area contributed by atoms with Gasteiger partial charge in [0.1, 0.15) is 17.1 Å². The largest absolute Gasteiger partial charge is 0.497 e. The van der Waals surface area contributed by atoms with E-state index in [0.717, 1.165) is 10.9 Å². The van der Waals surface area contributed by atoms with E-state index in [0.29, 0.717) is 16.9 Å². The summed E-state index contributed by atoms with van der Waals surface area (Å²) in [6.07, 6.45) is 0. The second kappa shape index (κ2) is 5.76. The van der Waals surface area contributed by atoms with E-state index in [1.165, 1.54) is 6.07 Å². The highest BCUT2D eigenvalue weighted by atomic mass is 19.1. The molecule has 118 valence electrons. The van der Waals surface area contributed by atoms with Crippen LogP contribution in [0.5, 0.6) is 5.75 Å². The molecule has 0 saturated carbocycles. The number of methoxy groups -OCH3 is 1. The minimum absolute atomic E-state index is 0.132. The fourth-order valence-electron chi connectivity index (χ4n) is 2.46. The van der Waals surface area contributed by atoms with Crippen LogP contribution in [0.25, 0.3) is 11.0 Å². The second-order valence-corrected chi connectivity index (χ2v) is 5.36. The van der Waals surface area contributed by atoms with Gasteiger partial charge < -0.3 is 14.5 Å². The number of halogens is 1. The van der Waals surface area contributed by atoms with Crippen LogP contribution in [0.15, 0.2) is 40.8 Å². The molecule has 0 fully saturated rings. The molecule has 0 spiro atoms. The Morgan fingerprint density at radius 3 is 2.70 bits per heavy atom. The summed E-state index contributed by atoms with van der Waals surface area (Å²) in [5, 5.41) is 3.35. The maximum atomic E-state index is 13.8. The maximum absolute atomic E-state index is 13.8. The smallest absolute Gasteiger partial charge is 0.291 e. The fourth-order valence-corrected chi connectivity index (χ4v) is 2.46. The van der Waals surface area contributed by atoms with Gasteiger partial charge in [-0.25, -0.2) is 4.39 Å². The van der Waals surface area contributed by atoms with E-state index in [9.17, 15) is 9.18 Å². The number of rotatable bonds is 3. The molecule has 0 aliphatic heterocycles. The van der Waals surface area contributed by atoms with Crippen LogP contribution >= 0.6 is 0 Å². The lowest BCUT2D eigenvalue weighted by Crippen LogP contribution is -2.13. The number of ether oxygens (including phenoxy) is 1. The van der Waals surface area contributed by atoms with E-state index in [4.69, 9.17) is 9.15 Å². The molecule has 3 rings (SSSR count). The Bertz CT molecular complexity index is 899. The van der Waals surface area contributed by atoms with Crippen LogP contribution in [0.1, 0.15) is 21.7 Å². The molecule has 0 aliphatic rings. The van der Waals surface area contributed by atoms with Crippen LogP contribution in [0.3, 0.4) is 0 Å². The van der Waals surface area contributed by atoms with Crippen molar-refractivity contribution in [2.45, 2.75) is 13.8 Å². The topological polar surface area (TPSA) is 51.5 Å². The van der Waals surface area contributed by atoms with Crippen molar-refractivity contribution in [2.24, 2.45) is 0 Å². The highest BCUT2D eigenvalue weighted by Crippen LogP contribution is 2.29. The molecule has 0 saturated heterocycles. The van der Waals surface area contributed by atoms with Crippen molar-refractivity contribution in [1.82, 2.24) is 0 Å². The third-order valence-corrected chi connectivity index (χ3v) is 3.72. The Hall–Kier alpha value is -2.82. The molecule has 0 bridgehead atoms. The first-order valence-electron chi connectivity index (χ1n) is 7.14. The predicted molar refractivity (Wildman–Crippen MR) is 86.6 cm³/mol. The van der Waals surface area contributed by atoms with Gasteiger partial charge in [-0.1, -0.05) is 6.07 Å². The van der Waals surface area contributed by atoms with Crippen molar-refractivity contribution in [3.05, 3.63) is 59.1 Å². The number of fused-ring (bicyclic) bond motifs is 1. The van der Waals surface area contributed by atoms with E-state index < -0.39 is 11.7 Å². The summed E-state index contributed by atoms with van der Waals surface area (Å²) in [5.74, 6) is -0.131. The number of aryl methyl sites for hydroxylation is 2. The van der Waals surface area contributed by atoms with E-state index in [-0.39, 0.29) is 11.4 Å². The molecule has 0 aliphatic carbocycles. The Morgan fingerprint density at radius 1 is 1.17 bits per heavy atom. The number of benzene rings is 2. The molecule has 3 aromatic rings. The average Bonchev–Trinajstić information content (AvgIpc) is 2.87.